The molecule has 0 bridgehead atoms. The van der Waals surface area contributed by atoms with E-state index < -0.39 is 0 Å². The lowest BCUT2D eigenvalue weighted by molar-refractivity contribution is 0.616. The minimum absolute atomic E-state index is 0.113. The summed E-state index contributed by atoms with van der Waals surface area (Å²) in [6.45, 7) is 0.817. The minimum Gasteiger partial charge on any atom is -0.310 e. The van der Waals surface area contributed by atoms with Crippen molar-refractivity contribution in [1.29, 1.82) is 0 Å². The lowest BCUT2D eigenvalue weighted by Crippen LogP contribution is -2.16. The van der Waals surface area contributed by atoms with Crippen molar-refractivity contribution >= 4 is 11.8 Å². The fraction of sp³-hybridized carbons (Fsp3) is 0.600. The molecule has 0 atom stereocenters. The Labute approximate surface area is 113 Å². The molecule has 2 saturated carbocycles. The molecule has 1 N–H and O–H groups in total. The van der Waals surface area contributed by atoms with Crippen molar-refractivity contribution in [3.63, 3.8) is 0 Å². The molecule has 2 aliphatic rings. The topological polar surface area (TPSA) is 12.0 Å². The van der Waals surface area contributed by atoms with E-state index >= 15 is 0 Å². The molecule has 0 saturated heterocycles. The van der Waals surface area contributed by atoms with Gasteiger partial charge in [0.2, 0.25) is 0 Å². The molecule has 0 unspecified atom stereocenters. The van der Waals surface area contributed by atoms with Gasteiger partial charge in [0.25, 0.3) is 0 Å². The van der Waals surface area contributed by atoms with Crippen LogP contribution in [0.15, 0.2) is 23.1 Å². The average molecular weight is 265 g/mol. The fourth-order valence-electron chi connectivity index (χ4n) is 2.53. The third-order valence-electron chi connectivity index (χ3n) is 3.78. The first kappa shape index (κ1) is 12.5. The number of nitrogens with one attached hydrogen (secondary N) is 1. The van der Waals surface area contributed by atoms with E-state index in [9.17, 15) is 4.39 Å². The number of benzene rings is 1. The summed E-state index contributed by atoms with van der Waals surface area (Å²) in [6, 6.07) is 5.94. The summed E-state index contributed by atoms with van der Waals surface area (Å²) in [5.41, 5.74) is 1.14. The summed E-state index contributed by atoms with van der Waals surface area (Å²) < 4.78 is 13.4. The van der Waals surface area contributed by atoms with Crippen LogP contribution in [0.25, 0.3) is 0 Å². The maximum absolute atomic E-state index is 13.4. The maximum atomic E-state index is 13.4. The average Bonchev–Trinajstić information content (AvgIpc) is 3.06. The predicted octanol–water partition coefficient (Wildman–Crippen LogP) is 4.11. The molecule has 2 fully saturated rings. The summed E-state index contributed by atoms with van der Waals surface area (Å²) >= 11 is 1.95. The van der Waals surface area contributed by atoms with E-state index in [1.165, 1.54) is 43.4 Å². The Bertz CT molecular complexity index is 411. The number of halogens is 1. The number of hydrogen-bond acceptors (Lipinski definition) is 2. The highest BCUT2D eigenvalue weighted by Crippen LogP contribution is 2.36. The second-order valence-corrected chi connectivity index (χ2v) is 6.77. The second-order valence-electron chi connectivity index (χ2n) is 5.43. The molecule has 3 heteroatoms. The lowest BCUT2D eigenvalue weighted by Gasteiger charge is -2.14. The molecular formula is C15H20FNS. The Kier molecular flexibility index (Phi) is 3.90. The Balaban J connectivity index is 1.69. The van der Waals surface area contributed by atoms with Gasteiger partial charge in [0.1, 0.15) is 5.82 Å². The third-order valence-corrected chi connectivity index (χ3v) is 5.23. The Hall–Kier alpha value is -0.540. The number of thioether (sulfide) groups is 1. The molecule has 0 heterocycles. The monoisotopic (exact) mass is 265 g/mol. The molecule has 0 amide bonds. The SMILES string of the molecule is Fc1ccc(SC2CCCC2)c(CNC2CC2)c1. The van der Waals surface area contributed by atoms with E-state index in [1.54, 1.807) is 12.1 Å². The van der Waals surface area contributed by atoms with Crippen molar-refractivity contribution in [2.75, 3.05) is 0 Å². The van der Waals surface area contributed by atoms with Crippen molar-refractivity contribution < 1.29 is 4.39 Å². The molecule has 0 spiro atoms. The van der Waals surface area contributed by atoms with E-state index in [2.05, 4.69) is 5.32 Å². The Morgan fingerprint density at radius 3 is 2.67 bits per heavy atom. The molecule has 98 valence electrons. The van der Waals surface area contributed by atoms with Gasteiger partial charge in [-0.05, 0) is 49.4 Å². The lowest BCUT2D eigenvalue weighted by atomic mass is 10.2. The predicted molar refractivity (Wildman–Crippen MR) is 74.4 cm³/mol. The van der Waals surface area contributed by atoms with Crippen LogP contribution in [0.4, 0.5) is 4.39 Å². The number of rotatable bonds is 5. The van der Waals surface area contributed by atoms with Crippen molar-refractivity contribution in [1.82, 2.24) is 5.32 Å². The zero-order chi connectivity index (χ0) is 12.4. The van der Waals surface area contributed by atoms with Gasteiger partial charge in [0.15, 0.2) is 0 Å². The highest BCUT2D eigenvalue weighted by Gasteiger charge is 2.22. The summed E-state index contributed by atoms with van der Waals surface area (Å²) in [7, 11) is 0. The van der Waals surface area contributed by atoms with E-state index in [4.69, 9.17) is 0 Å². The summed E-state index contributed by atoms with van der Waals surface area (Å²) in [5.74, 6) is -0.113. The van der Waals surface area contributed by atoms with Gasteiger partial charge >= 0.3 is 0 Å². The van der Waals surface area contributed by atoms with Gasteiger partial charge in [-0.1, -0.05) is 12.8 Å². The van der Waals surface area contributed by atoms with Crippen LogP contribution in [0, 0.1) is 5.82 Å². The molecule has 0 aromatic heterocycles. The largest absolute Gasteiger partial charge is 0.310 e. The Morgan fingerprint density at radius 1 is 1.17 bits per heavy atom. The zero-order valence-corrected chi connectivity index (χ0v) is 11.4. The molecule has 1 nitrogen and oxygen atoms in total. The highest BCUT2D eigenvalue weighted by atomic mass is 32.2. The van der Waals surface area contributed by atoms with Crippen LogP contribution < -0.4 is 5.32 Å². The summed E-state index contributed by atoms with van der Waals surface area (Å²) in [5, 5.41) is 4.23. The van der Waals surface area contributed by atoms with Crippen LogP contribution in [0.2, 0.25) is 0 Å². The molecule has 2 aliphatic carbocycles. The molecular weight excluding hydrogens is 245 g/mol. The van der Waals surface area contributed by atoms with Gasteiger partial charge in [0, 0.05) is 22.7 Å². The Morgan fingerprint density at radius 2 is 1.94 bits per heavy atom. The standard InChI is InChI=1S/C15H20FNS/c16-12-5-8-15(18-14-3-1-2-4-14)11(9-12)10-17-13-6-7-13/h5,8-9,13-14,17H,1-4,6-7,10H2. The minimum atomic E-state index is -0.113. The normalized spacial score (nSPS) is 20.5. The molecule has 0 aliphatic heterocycles. The van der Waals surface area contributed by atoms with Crippen molar-refractivity contribution in [2.45, 2.75) is 61.3 Å². The maximum Gasteiger partial charge on any atom is 0.123 e. The number of hydrogen-bond donors (Lipinski definition) is 1. The molecule has 0 radical (unpaired) electrons. The molecule has 18 heavy (non-hydrogen) atoms. The molecule has 1 aromatic carbocycles. The smallest absolute Gasteiger partial charge is 0.123 e. The van der Waals surface area contributed by atoms with E-state index in [0.29, 0.717) is 6.04 Å². The van der Waals surface area contributed by atoms with Gasteiger partial charge in [-0.15, -0.1) is 11.8 Å². The quantitative estimate of drug-likeness (QED) is 0.859. The van der Waals surface area contributed by atoms with Crippen LogP contribution in [-0.4, -0.2) is 11.3 Å². The van der Waals surface area contributed by atoms with Gasteiger partial charge in [-0.3, -0.25) is 0 Å². The van der Waals surface area contributed by atoms with Crippen LogP contribution in [0.3, 0.4) is 0 Å². The second kappa shape index (κ2) is 5.62. The summed E-state index contributed by atoms with van der Waals surface area (Å²) in [6.07, 6.45) is 7.90. The molecule has 3 rings (SSSR count). The van der Waals surface area contributed by atoms with Gasteiger partial charge < -0.3 is 5.32 Å². The van der Waals surface area contributed by atoms with Crippen LogP contribution in [0.1, 0.15) is 44.1 Å². The van der Waals surface area contributed by atoms with Crippen molar-refractivity contribution in [3.05, 3.63) is 29.6 Å². The van der Waals surface area contributed by atoms with Gasteiger partial charge in [-0.25, -0.2) is 4.39 Å². The van der Waals surface area contributed by atoms with Crippen LogP contribution >= 0.6 is 11.8 Å². The van der Waals surface area contributed by atoms with Crippen molar-refractivity contribution in [2.24, 2.45) is 0 Å². The van der Waals surface area contributed by atoms with Gasteiger partial charge in [0.05, 0.1) is 0 Å². The van der Waals surface area contributed by atoms with Crippen molar-refractivity contribution in [3.8, 4) is 0 Å². The van der Waals surface area contributed by atoms with Crippen LogP contribution in [-0.2, 0) is 6.54 Å². The molecule has 1 aromatic rings. The van der Waals surface area contributed by atoms with E-state index in [0.717, 1.165) is 17.4 Å². The van der Waals surface area contributed by atoms with E-state index in [1.807, 2.05) is 17.8 Å². The third kappa shape index (κ3) is 3.27. The van der Waals surface area contributed by atoms with Gasteiger partial charge in [-0.2, -0.15) is 0 Å². The zero-order valence-electron chi connectivity index (χ0n) is 10.6. The van der Waals surface area contributed by atoms with E-state index in [-0.39, 0.29) is 5.82 Å². The first-order valence-corrected chi connectivity index (χ1v) is 7.88. The fourth-order valence-corrected chi connectivity index (χ4v) is 3.89. The van der Waals surface area contributed by atoms with Crippen LogP contribution in [0.5, 0.6) is 0 Å². The first-order valence-electron chi connectivity index (χ1n) is 7.00. The highest BCUT2D eigenvalue weighted by molar-refractivity contribution is 8.00. The first-order chi connectivity index (χ1) is 8.81. The summed E-state index contributed by atoms with van der Waals surface area (Å²) in [4.78, 5) is 1.27.